The zero-order valence-electron chi connectivity index (χ0n) is 13.7. The lowest BCUT2D eigenvalue weighted by molar-refractivity contribution is 0.374. The van der Waals surface area contributed by atoms with Gasteiger partial charge in [0.25, 0.3) is 5.56 Å². The van der Waals surface area contributed by atoms with Gasteiger partial charge in [0.2, 0.25) is 0 Å². The van der Waals surface area contributed by atoms with Crippen molar-refractivity contribution < 1.29 is 9.84 Å². The minimum Gasteiger partial charge on any atom is -0.504 e. The summed E-state index contributed by atoms with van der Waals surface area (Å²) in [4.78, 5) is 15.2. The van der Waals surface area contributed by atoms with E-state index in [2.05, 4.69) is 10.1 Å². The van der Waals surface area contributed by atoms with E-state index < -0.39 is 0 Å². The molecule has 2 aromatic carbocycles. The summed E-state index contributed by atoms with van der Waals surface area (Å²) in [6, 6.07) is 10.7. The summed E-state index contributed by atoms with van der Waals surface area (Å²) in [5.74, 6) is 0.501. The maximum Gasteiger partial charge on any atom is 0.261 e. The van der Waals surface area contributed by atoms with Gasteiger partial charge in [-0.25, -0.2) is 4.68 Å². The number of benzene rings is 2. The van der Waals surface area contributed by atoms with E-state index in [-0.39, 0.29) is 17.1 Å². The van der Waals surface area contributed by atoms with Gasteiger partial charge in [-0.2, -0.15) is 5.10 Å². The molecule has 0 unspecified atom stereocenters. The Kier molecular flexibility index (Phi) is 3.18. The number of nitrogens with two attached hydrogens (primary N) is 1. The number of methoxy groups -OCH3 is 1. The lowest BCUT2D eigenvalue weighted by Gasteiger charge is -2.06. The molecule has 0 bridgehead atoms. The molecule has 7 heteroatoms. The fourth-order valence-corrected chi connectivity index (χ4v) is 3.04. The summed E-state index contributed by atoms with van der Waals surface area (Å²) in [6.45, 7) is 1.95. The number of ether oxygens (including phenoxy) is 1. The van der Waals surface area contributed by atoms with E-state index in [0.29, 0.717) is 27.6 Å². The van der Waals surface area contributed by atoms with Crippen LogP contribution in [-0.2, 0) is 0 Å². The third kappa shape index (κ3) is 2.13. The number of hydrogen-bond donors (Lipinski definition) is 3. The maximum absolute atomic E-state index is 12.5. The summed E-state index contributed by atoms with van der Waals surface area (Å²) < 4.78 is 6.73. The monoisotopic (exact) mass is 336 g/mol. The zero-order valence-corrected chi connectivity index (χ0v) is 13.7. The summed E-state index contributed by atoms with van der Waals surface area (Å²) >= 11 is 0. The number of aromatic hydroxyl groups is 1. The first kappa shape index (κ1) is 15.1. The highest BCUT2D eigenvalue weighted by Crippen LogP contribution is 2.34. The molecule has 0 aliphatic rings. The predicted molar refractivity (Wildman–Crippen MR) is 96.6 cm³/mol. The Balaban J connectivity index is 2.15. The number of hydrogen-bond acceptors (Lipinski definition) is 5. The number of pyridine rings is 1. The van der Waals surface area contributed by atoms with Crippen molar-refractivity contribution in [1.82, 2.24) is 14.8 Å². The van der Waals surface area contributed by atoms with Crippen LogP contribution < -0.4 is 16.0 Å². The van der Waals surface area contributed by atoms with E-state index in [4.69, 9.17) is 10.5 Å². The van der Waals surface area contributed by atoms with Crippen LogP contribution in [0.4, 0.5) is 5.82 Å². The number of nitrogens with one attached hydrogen (secondary N) is 1. The summed E-state index contributed by atoms with van der Waals surface area (Å²) in [7, 11) is 1.46. The van der Waals surface area contributed by atoms with Crippen LogP contribution in [0.15, 0.2) is 41.2 Å². The number of phenols is 1. The first-order valence-corrected chi connectivity index (χ1v) is 7.68. The summed E-state index contributed by atoms with van der Waals surface area (Å²) in [6.07, 6.45) is 0. The highest BCUT2D eigenvalue weighted by Gasteiger charge is 2.18. The molecule has 4 aromatic rings. The second-order valence-electron chi connectivity index (χ2n) is 5.83. The topological polar surface area (TPSA) is 106 Å². The molecule has 0 saturated carbocycles. The molecule has 0 spiro atoms. The molecule has 0 aliphatic heterocycles. The van der Waals surface area contributed by atoms with Gasteiger partial charge in [0, 0.05) is 11.5 Å². The number of nitrogen functional groups attached to an aromatic ring is 1. The second kappa shape index (κ2) is 5.27. The molecule has 0 radical (unpaired) electrons. The number of fused-ring (bicyclic) bond motifs is 3. The van der Waals surface area contributed by atoms with Crippen LogP contribution in [0.1, 0.15) is 5.56 Å². The lowest BCUT2D eigenvalue weighted by atomic mass is 10.1. The highest BCUT2D eigenvalue weighted by molar-refractivity contribution is 6.07. The third-order valence-corrected chi connectivity index (χ3v) is 4.31. The normalized spacial score (nSPS) is 11.3. The lowest BCUT2D eigenvalue weighted by Crippen LogP contribution is -2.08. The standard InChI is InChI=1S/C18H16N4O3/c1-9-5-3-4-6-12(9)22-17(19)15-16(21-22)10-7-14(25-2)13(23)8-11(10)20-18(15)24/h3-8,23H,19H2,1-2H3,(H,20,24). The number of rotatable bonds is 2. The zero-order chi connectivity index (χ0) is 17.7. The van der Waals surface area contributed by atoms with Crippen molar-refractivity contribution in [3.63, 3.8) is 0 Å². The van der Waals surface area contributed by atoms with E-state index in [1.807, 2.05) is 31.2 Å². The van der Waals surface area contributed by atoms with Gasteiger partial charge in [-0.05, 0) is 24.6 Å². The van der Waals surface area contributed by atoms with E-state index in [1.165, 1.54) is 13.2 Å². The fraction of sp³-hybridized carbons (Fsp3) is 0.111. The Morgan fingerprint density at radius 3 is 2.76 bits per heavy atom. The number of aromatic amines is 1. The molecule has 2 aromatic heterocycles. The van der Waals surface area contributed by atoms with Gasteiger partial charge in [-0.15, -0.1) is 0 Å². The molecular weight excluding hydrogens is 320 g/mol. The van der Waals surface area contributed by atoms with Crippen LogP contribution >= 0.6 is 0 Å². The number of aromatic nitrogens is 3. The summed E-state index contributed by atoms with van der Waals surface area (Å²) in [5, 5.41) is 15.5. The molecule has 4 N–H and O–H groups in total. The quantitative estimate of drug-likeness (QED) is 0.521. The van der Waals surface area contributed by atoms with Crippen molar-refractivity contribution in [2.45, 2.75) is 6.92 Å². The minimum absolute atomic E-state index is 0.0590. The molecule has 7 nitrogen and oxygen atoms in total. The number of nitrogens with zero attached hydrogens (tertiary/aromatic N) is 2. The van der Waals surface area contributed by atoms with E-state index >= 15 is 0 Å². The van der Waals surface area contributed by atoms with Crippen molar-refractivity contribution >= 4 is 27.6 Å². The first-order valence-electron chi connectivity index (χ1n) is 7.68. The predicted octanol–water partition coefficient (Wildman–Crippen LogP) is 2.47. The molecule has 0 fully saturated rings. The average Bonchev–Trinajstić information content (AvgIpc) is 2.93. The third-order valence-electron chi connectivity index (χ3n) is 4.31. The Hall–Kier alpha value is -3.48. The molecule has 4 rings (SSSR count). The number of phenolic OH excluding ortho intramolecular Hbond substituents is 1. The first-order chi connectivity index (χ1) is 12.0. The average molecular weight is 336 g/mol. The Bertz CT molecular complexity index is 1190. The van der Waals surface area contributed by atoms with Crippen LogP contribution in [0, 0.1) is 6.92 Å². The van der Waals surface area contributed by atoms with Crippen molar-refractivity contribution in [1.29, 1.82) is 0 Å². The number of H-pyrrole nitrogens is 1. The van der Waals surface area contributed by atoms with Crippen LogP contribution in [0.25, 0.3) is 27.5 Å². The van der Waals surface area contributed by atoms with Gasteiger partial charge in [-0.1, -0.05) is 18.2 Å². The van der Waals surface area contributed by atoms with Crippen LogP contribution in [0.3, 0.4) is 0 Å². The van der Waals surface area contributed by atoms with E-state index in [0.717, 1.165) is 11.3 Å². The van der Waals surface area contributed by atoms with Gasteiger partial charge in [0.05, 0.1) is 18.3 Å². The number of anilines is 1. The van der Waals surface area contributed by atoms with Crippen molar-refractivity contribution in [3.8, 4) is 17.2 Å². The van der Waals surface area contributed by atoms with Gasteiger partial charge in [0.15, 0.2) is 11.5 Å². The molecule has 0 atom stereocenters. The maximum atomic E-state index is 12.5. The molecule has 126 valence electrons. The molecule has 25 heavy (non-hydrogen) atoms. The largest absolute Gasteiger partial charge is 0.504 e. The Labute approximate surface area is 142 Å². The Morgan fingerprint density at radius 1 is 1.28 bits per heavy atom. The van der Waals surface area contributed by atoms with Gasteiger partial charge in [0.1, 0.15) is 16.7 Å². The van der Waals surface area contributed by atoms with Crippen molar-refractivity contribution in [3.05, 3.63) is 52.3 Å². The molecule has 0 aliphatic carbocycles. The molecular formula is C18H16N4O3. The van der Waals surface area contributed by atoms with Gasteiger partial charge >= 0.3 is 0 Å². The van der Waals surface area contributed by atoms with Gasteiger partial charge < -0.3 is 20.6 Å². The second-order valence-corrected chi connectivity index (χ2v) is 5.83. The van der Waals surface area contributed by atoms with Crippen LogP contribution in [0.2, 0.25) is 0 Å². The van der Waals surface area contributed by atoms with Crippen molar-refractivity contribution in [2.75, 3.05) is 12.8 Å². The van der Waals surface area contributed by atoms with Crippen LogP contribution in [0.5, 0.6) is 11.5 Å². The van der Waals surface area contributed by atoms with Gasteiger partial charge in [-0.3, -0.25) is 4.79 Å². The molecule has 0 saturated heterocycles. The van der Waals surface area contributed by atoms with E-state index in [1.54, 1.807) is 10.7 Å². The highest BCUT2D eigenvalue weighted by atomic mass is 16.5. The SMILES string of the molecule is COc1cc2c(cc1O)[nH]c(=O)c1c(N)n(-c3ccccc3C)nc12. The Morgan fingerprint density at radius 2 is 2.04 bits per heavy atom. The molecule has 2 heterocycles. The van der Waals surface area contributed by atoms with Crippen LogP contribution in [-0.4, -0.2) is 27.0 Å². The summed E-state index contributed by atoms with van der Waals surface area (Å²) in [5.41, 5.74) is 8.58. The van der Waals surface area contributed by atoms with E-state index in [9.17, 15) is 9.90 Å². The van der Waals surface area contributed by atoms with Crippen molar-refractivity contribution in [2.24, 2.45) is 0 Å². The smallest absolute Gasteiger partial charge is 0.261 e. The number of para-hydroxylation sites is 1. The minimum atomic E-state index is -0.357. The molecule has 0 amide bonds. The fourth-order valence-electron chi connectivity index (χ4n) is 3.04. The number of aryl methyl sites for hydroxylation is 1.